The average molecular weight is 193 g/mol. The Kier molecular flexibility index (Phi) is 2.11. The summed E-state index contributed by atoms with van der Waals surface area (Å²) in [6.45, 7) is 2.73. The highest BCUT2D eigenvalue weighted by Gasteiger charge is 2.22. The first-order chi connectivity index (χ1) is 6.68. The van der Waals surface area contributed by atoms with Crippen LogP contribution in [0.2, 0.25) is 0 Å². The van der Waals surface area contributed by atoms with Crippen LogP contribution in [0, 0.1) is 5.82 Å². The molecule has 1 heterocycles. The number of hydrogen-bond acceptors (Lipinski definition) is 3. The molecule has 1 aromatic rings. The van der Waals surface area contributed by atoms with Crippen molar-refractivity contribution >= 4 is 11.6 Å². The molecule has 0 radical (unpaired) electrons. The summed E-state index contributed by atoms with van der Waals surface area (Å²) >= 11 is 0. The molecule has 1 unspecified atom stereocenters. The Morgan fingerprint density at radius 2 is 2.07 bits per heavy atom. The Balaban J connectivity index is 2.30. The smallest absolute Gasteiger partial charge is 0.196 e. The summed E-state index contributed by atoms with van der Waals surface area (Å²) in [7, 11) is 0. The number of nitrogens with two attached hydrogens (primary N) is 1. The van der Waals surface area contributed by atoms with E-state index in [2.05, 4.69) is 4.99 Å². The Bertz CT molecular complexity index is 358. The molecule has 0 aromatic heterocycles. The van der Waals surface area contributed by atoms with Gasteiger partial charge < -0.3 is 10.6 Å². The van der Waals surface area contributed by atoms with Crippen molar-refractivity contribution in [2.75, 3.05) is 11.4 Å². The zero-order valence-corrected chi connectivity index (χ0v) is 7.94. The van der Waals surface area contributed by atoms with Gasteiger partial charge in [-0.25, -0.2) is 4.39 Å². The van der Waals surface area contributed by atoms with E-state index in [-0.39, 0.29) is 11.9 Å². The predicted octanol–water partition coefficient (Wildman–Crippen LogP) is 1.35. The van der Waals surface area contributed by atoms with Crippen LogP contribution in [-0.2, 0) is 0 Å². The van der Waals surface area contributed by atoms with E-state index in [0.29, 0.717) is 12.5 Å². The molecule has 0 fully saturated rings. The fraction of sp³-hybridized carbons (Fsp3) is 0.300. The highest BCUT2D eigenvalue weighted by atomic mass is 19.1. The second-order valence-electron chi connectivity index (χ2n) is 3.39. The van der Waals surface area contributed by atoms with Crippen LogP contribution in [0.15, 0.2) is 29.3 Å². The zero-order chi connectivity index (χ0) is 10.1. The second kappa shape index (κ2) is 3.29. The molecule has 4 heteroatoms. The molecule has 14 heavy (non-hydrogen) atoms. The summed E-state index contributed by atoms with van der Waals surface area (Å²) in [6.07, 6.45) is 0. The van der Waals surface area contributed by atoms with Crippen molar-refractivity contribution in [3.05, 3.63) is 30.1 Å². The topological polar surface area (TPSA) is 41.6 Å². The minimum absolute atomic E-state index is 0.240. The predicted molar refractivity (Wildman–Crippen MR) is 54.8 cm³/mol. The highest BCUT2D eigenvalue weighted by Crippen LogP contribution is 2.20. The van der Waals surface area contributed by atoms with E-state index in [9.17, 15) is 4.39 Å². The van der Waals surface area contributed by atoms with E-state index >= 15 is 0 Å². The van der Waals surface area contributed by atoms with Gasteiger partial charge in [0.05, 0.1) is 12.6 Å². The number of halogens is 1. The lowest BCUT2D eigenvalue weighted by atomic mass is 10.2. The van der Waals surface area contributed by atoms with Crippen LogP contribution >= 0.6 is 0 Å². The van der Waals surface area contributed by atoms with Gasteiger partial charge in [-0.2, -0.15) is 0 Å². The summed E-state index contributed by atoms with van der Waals surface area (Å²) in [5.74, 6) is 0.264. The SMILES string of the molecule is CC1CN=C(N)N1c1ccc(F)cc1. The van der Waals surface area contributed by atoms with E-state index in [1.807, 2.05) is 11.8 Å². The van der Waals surface area contributed by atoms with Gasteiger partial charge in [0, 0.05) is 5.69 Å². The lowest BCUT2D eigenvalue weighted by Gasteiger charge is -2.23. The fourth-order valence-electron chi connectivity index (χ4n) is 1.60. The summed E-state index contributed by atoms with van der Waals surface area (Å²) in [4.78, 5) is 6.03. The molecule has 0 saturated carbocycles. The molecule has 1 aliphatic heterocycles. The van der Waals surface area contributed by atoms with Gasteiger partial charge >= 0.3 is 0 Å². The molecule has 1 atom stereocenters. The van der Waals surface area contributed by atoms with Crippen LogP contribution in [0.5, 0.6) is 0 Å². The summed E-state index contributed by atoms with van der Waals surface area (Å²) in [5, 5.41) is 0. The summed E-state index contributed by atoms with van der Waals surface area (Å²) < 4.78 is 12.7. The molecule has 2 N–H and O–H groups in total. The Morgan fingerprint density at radius 3 is 2.57 bits per heavy atom. The molecule has 0 saturated heterocycles. The molecule has 0 spiro atoms. The zero-order valence-electron chi connectivity index (χ0n) is 7.94. The number of anilines is 1. The van der Waals surface area contributed by atoms with Crippen molar-refractivity contribution in [2.45, 2.75) is 13.0 Å². The van der Waals surface area contributed by atoms with Gasteiger partial charge in [-0.1, -0.05) is 0 Å². The highest BCUT2D eigenvalue weighted by molar-refractivity contribution is 5.97. The number of hydrogen-bond donors (Lipinski definition) is 1. The Morgan fingerprint density at radius 1 is 1.43 bits per heavy atom. The second-order valence-corrected chi connectivity index (χ2v) is 3.39. The quantitative estimate of drug-likeness (QED) is 0.731. The van der Waals surface area contributed by atoms with E-state index in [4.69, 9.17) is 5.73 Å². The van der Waals surface area contributed by atoms with Crippen molar-refractivity contribution in [1.29, 1.82) is 0 Å². The largest absolute Gasteiger partial charge is 0.370 e. The van der Waals surface area contributed by atoms with Crippen molar-refractivity contribution < 1.29 is 4.39 Å². The van der Waals surface area contributed by atoms with E-state index in [1.165, 1.54) is 12.1 Å². The summed E-state index contributed by atoms with van der Waals surface area (Å²) in [5.41, 5.74) is 6.61. The average Bonchev–Trinajstić information content (AvgIpc) is 2.49. The van der Waals surface area contributed by atoms with Crippen LogP contribution in [0.4, 0.5) is 10.1 Å². The Labute approximate surface area is 82.0 Å². The maximum absolute atomic E-state index is 12.7. The van der Waals surface area contributed by atoms with Gasteiger partial charge in [0.2, 0.25) is 0 Å². The molecule has 0 amide bonds. The molecule has 3 nitrogen and oxygen atoms in total. The van der Waals surface area contributed by atoms with Crippen molar-refractivity contribution in [2.24, 2.45) is 10.7 Å². The molecule has 2 rings (SSSR count). The molecule has 0 aliphatic carbocycles. The Hall–Kier alpha value is -1.58. The van der Waals surface area contributed by atoms with Crippen molar-refractivity contribution in [3.8, 4) is 0 Å². The van der Waals surface area contributed by atoms with Gasteiger partial charge in [-0.3, -0.25) is 4.99 Å². The molecule has 1 aromatic carbocycles. The molecular formula is C10H12FN3. The van der Waals surface area contributed by atoms with Gasteiger partial charge in [0.25, 0.3) is 0 Å². The monoisotopic (exact) mass is 193 g/mol. The van der Waals surface area contributed by atoms with Crippen LogP contribution in [0.25, 0.3) is 0 Å². The molecule has 1 aliphatic rings. The normalized spacial score (nSPS) is 21.1. The summed E-state index contributed by atoms with van der Waals surface area (Å²) in [6, 6.07) is 6.51. The third kappa shape index (κ3) is 1.43. The standard InChI is InChI=1S/C10H12FN3/c1-7-6-13-10(12)14(7)9-4-2-8(11)3-5-9/h2-5,7H,6H2,1H3,(H2,12,13). The minimum Gasteiger partial charge on any atom is -0.370 e. The first kappa shape index (κ1) is 8.99. The fourth-order valence-corrected chi connectivity index (χ4v) is 1.60. The van der Waals surface area contributed by atoms with Gasteiger partial charge in [-0.15, -0.1) is 0 Å². The van der Waals surface area contributed by atoms with Crippen LogP contribution in [0.3, 0.4) is 0 Å². The lowest BCUT2D eigenvalue weighted by molar-refractivity contribution is 0.627. The van der Waals surface area contributed by atoms with Crippen LogP contribution < -0.4 is 10.6 Å². The number of aliphatic imine (C=N–C) groups is 1. The van der Waals surface area contributed by atoms with Crippen LogP contribution in [0.1, 0.15) is 6.92 Å². The van der Waals surface area contributed by atoms with Gasteiger partial charge in [0.1, 0.15) is 5.82 Å². The first-order valence-corrected chi connectivity index (χ1v) is 4.53. The maximum atomic E-state index is 12.7. The number of guanidine groups is 1. The van der Waals surface area contributed by atoms with Crippen molar-refractivity contribution in [1.82, 2.24) is 0 Å². The molecular weight excluding hydrogens is 181 g/mol. The van der Waals surface area contributed by atoms with Crippen LogP contribution in [-0.4, -0.2) is 18.5 Å². The van der Waals surface area contributed by atoms with E-state index < -0.39 is 0 Å². The maximum Gasteiger partial charge on any atom is 0.196 e. The van der Waals surface area contributed by atoms with Crippen molar-refractivity contribution in [3.63, 3.8) is 0 Å². The first-order valence-electron chi connectivity index (χ1n) is 4.53. The number of nitrogens with zero attached hydrogens (tertiary/aromatic N) is 2. The molecule has 74 valence electrons. The van der Waals surface area contributed by atoms with E-state index in [1.54, 1.807) is 12.1 Å². The number of benzene rings is 1. The van der Waals surface area contributed by atoms with E-state index in [0.717, 1.165) is 5.69 Å². The lowest BCUT2D eigenvalue weighted by Crippen LogP contribution is -2.39. The third-order valence-corrected chi connectivity index (χ3v) is 2.31. The molecule has 0 bridgehead atoms. The van der Waals surface area contributed by atoms with Gasteiger partial charge in [-0.05, 0) is 31.2 Å². The number of rotatable bonds is 1. The third-order valence-electron chi connectivity index (χ3n) is 2.31. The minimum atomic E-state index is -0.240. The van der Waals surface area contributed by atoms with Gasteiger partial charge in [0.15, 0.2) is 5.96 Å².